The van der Waals surface area contributed by atoms with Gasteiger partial charge in [-0.25, -0.2) is 29.7 Å². The molecule has 192 valence electrons. The average Bonchev–Trinajstić information content (AvgIpc) is 3.77. The molecule has 2 fully saturated rings. The van der Waals surface area contributed by atoms with Crippen LogP contribution in [-0.2, 0) is 0 Å². The van der Waals surface area contributed by atoms with Gasteiger partial charge in [0.05, 0.1) is 41.3 Å². The molecule has 0 aromatic carbocycles. The highest BCUT2D eigenvalue weighted by Crippen LogP contribution is 2.41. The molecule has 2 saturated carbocycles. The van der Waals surface area contributed by atoms with Crippen molar-refractivity contribution in [2.24, 2.45) is 0 Å². The monoisotopic (exact) mass is 504 g/mol. The molecule has 0 aliphatic heterocycles. The van der Waals surface area contributed by atoms with Crippen molar-refractivity contribution < 1.29 is 19.4 Å². The Labute approximate surface area is 213 Å². The fourth-order valence-corrected chi connectivity index (χ4v) is 3.58. The molecule has 4 N–H and O–H groups in total. The number of hydrogen-bond donors (Lipinski definition) is 4. The van der Waals surface area contributed by atoms with Crippen molar-refractivity contribution in [1.29, 1.82) is 0 Å². The van der Waals surface area contributed by atoms with Crippen molar-refractivity contribution in [3.8, 4) is 5.88 Å². The molecular formula is C25H28N8O4. The minimum absolute atomic E-state index is 0.0126. The SMILES string of the molecule is CC(C)(O)CNC(=O)c1nc(C2CC2)ccc1NC(=O)Oc1nc(C2CC2)cnc1Nc1cncnc1. The molecule has 3 heterocycles. The number of aliphatic hydroxyl groups is 1. The van der Waals surface area contributed by atoms with Crippen molar-refractivity contribution in [1.82, 2.24) is 30.2 Å². The molecule has 0 unspecified atom stereocenters. The van der Waals surface area contributed by atoms with Crippen LogP contribution >= 0.6 is 0 Å². The Kier molecular flexibility index (Phi) is 6.66. The van der Waals surface area contributed by atoms with Crippen molar-refractivity contribution in [2.45, 2.75) is 57.0 Å². The first-order valence-corrected chi connectivity index (χ1v) is 12.1. The molecule has 5 rings (SSSR count). The van der Waals surface area contributed by atoms with Gasteiger partial charge in [-0.2, -0.15) is 0 Å². The molecule has 12 nitrogen and oxygen atoms in total. The molecular weight excluding hydrogens is 476 g/mol. The number of carbonyl (C=O) groups excluding carboxylic acids is 2. The van der Waals surface area contributed by atoms with E-state index in [-0.39, 0.29) is 35.5 Å². The molecule has 2 aliphatic carbocycles. The minimum atomic E-state index is -1.10. The lowest BCUT2D eigenvalue weighted by Gasteiger charge is -2.18. The van der Waals surface area contributed by atoms with Gasteiger partial charge in [-0.15, -0.1) is 0 Å². The number of anilines is 3. The molecule has 2 aliphatic rings. The first kappa shape index (κ1) is 24.5. The molecule has 37 heavy (non-hydrogen) atoms. The molecule has 0 bridgehead atoms. The summed E-state index contributed by atoms with van der Waals surface area (Å²) in [6.45, 7) is 3.19. The van der Waals surface area contributed by atoms with Crippen LogP contribution in [0.4, 0.5) is 22.0 Å². The largest absolute Gasteiger partial charge is 0.418 e. The molecule has 0 spiro atoms. The number of carbonyl (C=O) groups is 2. The second-order valence-electron chi connectivity index (χ2n) is 9.89. The van der Waals surface area contributed by atoms with Crippen molar-refractivity contribution in [2.75, 3.05) is 17.2 Å². The number of amides is 2. The molecule has 0 radical (unpaired) electrons. The van der Waals surface area contributed by atoms with Gasteiger partial charge in [0.1, 0.15) is 6.33 Å². The highest BCUT2D eigenvalue weighted by Gasteiger charge is 2.29. The fraction of sp³-hybridized carbons (Fsp3) is 0.400. The van der Waals surface area contributed by atoms with Crippen LogP contribution in [0.2, 0.25) is 0 Å². The third-order valence-electron chi connectivity index (χ3n) is 5.81. The van der Waals surface area contributed by atoms with E-state index in [0.717, 1.165) is 37.1 Å². The number of ether oxygens (including phenoxy) is 1. The van der Waals surface area contributed by atoms with E-state index in [9.17, 15) is 14.7 Å². The van der Waals surface area contributed by atoms with E-state index in [1.54, 1.807) is 44.6 Å². The zero-order valence-corrected chi connectivity index (χ0v) is 20.6. The standard InChI is InChI=1S/C25H28N8O4/c1-25(2,36)12-29-22(34)20-18(8-7-17(31-20)14-3-4-14)33-24(35)37-23-21(30-16-9-26-13-27-10-16)28-11-19(32-23)15-5-6-15/h7-11,13-15,36H,3-6,12H2,1-2H3,(H,28,30)(H,29,34)(H,33,35). The van der Waals surface area contributed by atoms with Crippen molar-refractivity contribution in [3.63, 3.8) is 0 Å². The summed E-state index contributed by atoms with van der Waals surface area (Å²) in [4.78, 5) is 47.2. The van der Waals surface area contributed by atoms with Gasteiger partial charge in [0.25, 0.3) is 11.8 Å². The van der Waals surface area contributed by atoms with E-state index in [1.807, 2.05) is 0 Å². The lowest BCUT2D eigenvalue weighted by Crippen LogP contribution is -2.39. The third-order valence-corrected chi connectivity index (χ3v) is 5.81. The number of pyridine rings is 1. The van der Waals surface area contributed by atoms with Crippen LogP contribution < -0.4 is 20.7 Å². The minimum Gasteiger partial charge on any atom is -0.389 e. The van der Waals surface area contributed by atoms with E-state index in [1.165, 1.54) is 6.33 Å². The number of aromatic nitrogens is 5. The molecule has 12 heteroatoms. The Bertz CT molecular complexity index is 1300. The predicted octanol–water partition coefficient (Wildman–Crippen LogP) is 3.27. The van der Waals surface area contributed by atoms with Gasteiger partial charge in [0.15, 0.2) is 11.5 Å². The third kappa shape index (κ3) is 6.53. The van der Waals surface area contributed by atoms with E-state index in [2.05, 4.69) is 40.9 Å². The highest BCUT2D eigenvalue weighted by molar-refractivity contribution is 6.01. The van der Waals surface area contributed by atoms with Gasteiger partial charge in [-0.1, -0.05) is 0 Å². The van der Waals surface area contributed by atoms with Crippen LogP contribution in [0.15, 0.2) is 37.1 Å². The summed E-state index contributed by atoms with van der Waals surface area (Å²) < 4.78 is 5.55. The topological polar surface area (TPSA) is 164 Å². The summed E-state index contributed by atoms with van der Waals surface area (Å²) in [5, 5.41) is 18.3. The summed E-state index contributed by atoms with van der Waals surface area (Å²) in [6.07, 6.45) is 9.32. The molecule has 3 aromatic rings. The van der Waals surface area contributed by atoms with Crippen LogP contribution in [0.25, 0.3) is 0 Å². The van der Waals surface area contributed by atoms with Gasteiger partial charge in [-0.3, -0.25) is 10.1 Å². The van der Waals surface area contributed by atoms with Gasteiger partial charge in [0, 0.05) is 24.1 Å². The highest BCUT2D eigenvalue weighted by atomic mass is 16.6. The quantitative estimate of drug-likeness (QED) is 0.340. The lowest BCUT2D eigenvalue weighted by molar-refractivity contribution is 0.0692. The summed E-state index contributed by atoms with van der Waals surface area (Å²) in [5.41, 5.74) is 1.19. The number of nitrogens with zero attached hydrogens (tertiary/aromatic N) is 5. The lowest BCUT2D eigenvalue weighted by atomic mass is 10.1. The first-order valence-electron chi connectivity index (χ1n) is 12.1. The summed E-state index contributed by atoms with van der Waals surface area (Å²) in [6, 6.07) is 3.42. The Morgan fingerprint density at radius 1 is 1.03 bits per heavy atom. The number of rotatable bonds is 9. The van der Waals surface area contributed by atoms with Crippen LogP contribution in [-0.4, -0.2) is 54.2 Å². The van der Waals surface area contributed by atoms with Gasteiger partial charge >= 0.3 is 6.09 Å². The smallest absolute Gasteiger partial charge is 0.389 e. The zero-order valence-electron chi connectivity index (χ0n) is 20.6. The maximum Gasteiger partial charge on any atom is 0.418 e. The van der Waals surface area contributed by atoms with Crippen LogP contribution in [0.5, 0.6) is 5.88 Å². The van der Waals surface area contributed by atoms with Crippen molar-refractivity contribution in [3.05, 3.63) is 54.1 Å². The van der Waals surface area contributed by atoms with E-state index in [4.69, 9.17) is 4.74 Å². The molecule has 0 saturated heterocycles. The van der Waals surface area contributed by atoms with Crippen LogP contribution in [0, 0.1) is 0 Å². The fourth-order valence-electron chi connectivity index (χ4n) is 3.58. The van der Waals surface area contributed by atoms with Gasteiger partial charge in [-0.05, 0) is 51.7 Å². The second-order valence-corrected chi connectivity index (χ2v) is 9.89. The molecule has 3 aromatic heterocycles. The average molecular weight is 505 g/mol. The Morgan fingerprint density at radius 3 is 2.41 bits per heavy atom. The van der Waals surface area contributed by atoms with E-state index < -0.39 is 17.6 Å². The summed E-state index contributed by atoms with van der Waals surface area (Å²) >= 11 is 0. The Morgan fingerprint density at radius 2 is 1.73 bits per heavy atom. The van der Waals surface area contributed by atoms with Crippen molar-refractivity contribution >= 4 is 29.2 Å². The zero-order chi connectivity index (χ0) is 26.0. The molecule has 2 amide bonds. The Balaban J connectivity index is 1.36. The van der Waals surface area contributed by atoms with Gasteiger partial charge < -0.3 is 20.5 Å². The van der Waals surface area contributed by atoms with Gasteiger partial charge in [0.2, 0.25) is 0 Å². The first-order chi connectivity index (χ1) is 17.7. The molecule has 0 atom stereocenters. The second kappa shape index (κ2) is 10.1. The number of nitrogens with one attached hydrogen (secondary N) is 3. The van der Waals surface area contributed by atoms with E-state index >= 15 is 0 Å². The van der Waals surface area contributed by atoms with Crippen LogP contribution in [0.3, 0.4) is 0 Å². The summed E-state index contributed by atoms with van der Waals surface area (Å²) in [7, 11) is 0. The van der Waals surface area contributed by atoms with E-state index in [0.29, 0.717) is 11.6 Å². The maximum absolute atomic E-state index is 13.0. The summed E-state index contributed by atoms with van der Waals surface area (Å²) in [5.74, 6) is 0.290. The normalized spacial score (nSPS) is 15.1. The Hall–Kier alpha value is -4.19. The predicted molar refractivity (Wildman–Crippen MR) is 134 cm³/mol. The maximum atomic E-state index is 13.0. The van der Waals surface area contributed by atoms with Crippen LogP contribution in [0.1, 0.15) is 73.2 Å². The number of hydrogen-bond acceptors (Lipinski definition) is 10.